The van der Waals surface area contributed by atoms with Gasteiger partial charge in [0.05, 0.1) is 7.14 Å². The molecule has 0 unspecified atom stereocenters. The van der Waals surface area contributed by atoms with Crippen molar-refractivity contribution in [3.05, 3.63) is 58.5 Å². The number of hydrogen-bond donors (Lipinski definition) is 0. The normalized spacial score (nSPS) is 10.4. The Bertz CT molecular complexity index is 636. The number of halogens is 4. The van der Waals surface area contributed by atoms with Crippen molar-refractivity contribution in [3.8, 4) is 5.75 Å². The first-order valence-corrected chi connectivity index (χ1v) is 8.77. The Hall–Kier alpha value is 0.0300. The fourth-order valence-electron chi connectivity index (χ4n) is 1.55. The highest BCUT2D eigenvalue weighted by Crippen LogP contribution is 2.29. The number of carbonyl (C=O) groups is 1. The Morgan fingerprint density at radius 1 is 1.10 bits per heavy atom. The number of ether oxygens (including phenoxy) is 1. The summed E-state index contributed by atoms with van der Waals surface area (Å²) < 4.78 is 21.7. The van der Waals surface area contributed by atoms with Crippen LogP contribution in [-0.4, -0.2) is 12.4 Å². The minimum absolute atomic E-state index is 0.101. The molecule has 0 N–H and O–H groups in total. The molecule has 20 heavy (non-hydrogen) atoms. The number of Topliss-reactive ketones (excluding diaryl/α,β-unsaturated/α-hetero) is 1. The Morgan fingerprint density at radius 2 is 1.75 bits per heavy atom. The van der Waals surface area contributed by atoms with Crippen molar-refractivity contribution in [3.63, 3.8) is 0 Å². The van der Waals surface area contributed by atoms with Crippen molar-refractivity contribution < 1.29 is 13.9 Å². The monoisotopic (exact) mass is 608 g/mol. The molecule has 0 spiro atoms. The number of carbonyl (C=O) groups excluding carboxylic acids is 1. The van der Waals surface area contributed by atoms with Crippen LogP contribution in [0.2, 0.25) is 0 Å². The highest BCUT2D eigenvalue weighted by atomic mass is 127. The zero-order chi connectivity index (χ0) is 14.7. The molecule has 0 amide bonds. The number of benzene rings is 2. The summed E-state index contributed by atoms with van der Waals surface area (Å²) >= 11 is 6.57. The van der Waals surface area contributed by atoms with Crippen LogP contribution in [0.25, 0.3) is 0 Å². The molecule has 0 atom stereocenters. The minimum atomic E-state index is -0.422. The second-order valence-corrected chi connectivity index (χ2v) is 7.49. The lowest BCUT2D eigenvalue weighted by Crippen LogP contribution is -2.13. The lowest BCUT2D eigenvalue weighted by molar-refractivity contribution is 0.0920. The standard InChI is InChI=1S/C14H8FI3O2/c15-9-3-1-2-8(4-9)13(19)7-20-14-11(17)5-10(16)6-12(14)18/h1-6H,7H2. The third kappa shape index (κ3) is 4.26. The average molecular weight is 608 g/mol. The van der Waals surface area contributed by atoms with Gasteiger partial charge in [-0.25, -0.2) is 4.39 Å². The molecule has 0 aliphatic carbocycles. The first-order chi connectivity index (χ1) is 9.47. The smallest absolute Gasteiger partial charge is 0.200 e. The lowest BCUT2D eigenvalue weighted by atomic mass is 10.1. The van der Waals surface area contributed by atoms with Crippen LogP contribution in [-0.2, 0) is 0 Å². The van der Waals surface area contributed by atoms with Gasteiger partial charge in [-0.15, -0.1) is 0 Å². The Labute approximate surface area is 156 Å². The number of ketones is 1. The zero-order valence-corrected chi connectivity index (χ0v) is 16.5. The van der Waals surface area contributed by atoms with E-state index in [1.54, 1.807) is 6.07 Å². The highest BCUT2D eigenvalue weighted by molar-refractivity contribution is 14.1. The average Bonchev–Trinajstić information content (AvgIpc) is 2.37. The summed E-state index contributed by atoms with van der Waals surface area (Å²) in [6, 6.07) is 9.58. The van der Waals surface area contributed by atoms with Crippen LogP contribution >= 0.6 is 67.8 Å². The zero-order valence-electron chi connectivity index (χ0n) is 10.00. The second-order valence-electron chi connectivity index (χ2n) is 3.92. The third-order valence-corrected chi connectivity index (χ3v) is 4.68. The van der Waals surface area contributed by atoms with Crippen molar-refractivity contribution in [2.45, 2.75) is 0 Å². The van der Waals surface area contributed by atoms with Crippen molar-refractivity contribution >= 4 is 73.6 Å². The summed E-state index contributed by atoms with van der Waals surface area (Å²) in [5.41, 5.74) is 0.320. The molecule has 0 saturated heterocycles. The van der Waals surface area contributed by atoms with Gasteiger partial charge in [0, 0.05) is 9.13 Å². The van der Waals surface area contributed by atoms with Crippen molar-refractivity contribution in [1.82, 2.24) is 0 Å². The summed E-state index contributed by atoms with van der Waals surface area (Å²) in [5, 5.41) is 0. The van der Waals surface area contributed by atoms with E-state index in [-0.39, 0.29) is 12.4 Å². The van der Waals surface area contributed by atoms with Gasteiger partial charge < -0.3 is 4.74 Å². The van der Waals surface area contributed by atoms with Crippen LogP contribution in [0.3, 0.4) is 0 Å². The molecular weight excluding hydrogens is 600 g/mol. The van der Waals surface area contributed by atoms with Crippen molar-refractivity contribution in [2.75, 3.05) is 6.61 Å². The van der Waals surface area contributed by atoms with E-state index in [0.29, 0.717) is 11.3 Å². The topological polar surface area (TPSA) is 26.3 Å². The van der Waals surface area contributed by atoms with E-state index >= 15 is 0 Å². The summed E-state index contributed by atoms with van der Waals surface area (Å²) in [6.07, 6.45) is 0. The Morgan fingerprint density at radius 3 is 2.35 bits per heavy atom. The van der Waals surface area contributed by atoms with Crippen LogP contribution in [0.4, 0.5) is 4.39 Å². The molecule has 2 aromatic rings. The third-order valence-electron chi connectivity index (χ3n) is 2.46. The summed E-state index contributed by atoms with van der Waals surface area (Å²) in [4.78, 5) is 12.0. The maximum atomic E-state index is 13.1. The Balaban J connectivity index is 2.11. The molecule has 0 aliphatic rings. The van der Waals surface area contributed by atoms with Gasteiger partial charge in [-0.2, -0.15) is 0 Å². The van der Waals surface area contributed by atoms with Gasteiger partial charge in [0.15, 0.2) is 12.4 Å². The van der Waals surface area contributed by atoms with E-state index in [1.165, 1.54) is 18.2 Å². The highest BCUT2D eigenvalue weighted by Gasteiger charge is 2.12. The predicted molar refractivity (Wildman–Crippen MR) is 101 cm³/mol. The molecule has 2 aromatic carbocycles. The molecule has 104 valence electrons. The van der Waals surface area contributed by atoms with E-state index in [9.17, 15) is 9.18 Å². The maximum Gasteiger partial charge on any atom is 0.200 e. The van der Waals surface area contributed by atoms with Crippen LogP contribution in [0.15, 0.2) is 36.4 Å². The van der Waals surface area contributed by atoms with Crippen molar-refractivity contribution in [2.24, 2.45) is 0 Å². The first-order valence-electron chi connectivity index (χ1n) is 5.53. The molecule has 0 heterocycles. The molecule has 2 rings (SSSR count). The maximum absolute atomic E-state index is 13.1. The summed E-state index contributed by atoms with van der Waals surface area (Å²) in [7, 11) is 0. The quantitative estimate of drug-likeness (QED) is 0.365. The summed E-state index contributed by atoms with van der Waals surface area (Å²) in [5.74, 6) is 0.0281. The van der Waals surface area contributed by atoms with E-state index in [4.69, 9.17) is 4.74 Å². The van der Waals surface area contributed by atoms with Gasteiger partial charge >= 0.3 is 0 Å². The van der Waals surface area contributed by atoms with Gasteiger partial charge in [-0.1, -0.05) is 12.1 Å². The molecular formula is C14H8FI3O2. The molecule has 0 fully saturated rings. The SMILES string of the molecule is O=C(COc1c(I)cc(I)cc1I)c1cccc(F)c1. The molecule has 0 saturated carbocycles. The number of hydrogen-bond acceptors (Lipinski definition) is 2. The van der Waals surface area contributed by atoms with Crippen LogP contribution in [0.1, 0.15) is 10.4 Å². The van der Waals surface area contributed by atoms with Gasteiger partial charge in [-0.05, 0) is 92.0 Å². The Kier molecular flexibility index (Phi) is 6.02. The van der Waals surface area contributed by atoms with Crippen molar-refractivity contribution in [1.29, 1.82) is 0 Å². The van der Waals surface area contributed by atoms with E-state index in [1.807, 2.05) is 12.1 Å². The van der Waals surface area contributed by atoms with Gasteiger partial charge in [0.25, 0.3) is 0 Å². The van der Waals surface area contributed by atoms with Gasteiger partial charge in [-0.3, -0.25) is 4.79 Å². The fraction of sp³-hybridized carbons (Fsp3) is 0.0714. The van der Waals surface area contributed by atoms with Gasteiger partial charge in [0.1, 0.15) is 11.6 Å². The molecule has 6 heteroatoms. The molecule has 2 nitrogen and oxygen atoms in total. The van der Waals surface area contributed by atoms with E-state index < -0.39 is 5.82 Å². The van der Waals surface area contributed by atoms with E-state index in [2.05, 4.69) is 67.8 Å². The molecule has 0 radical (unpaired) electrons. The lowest BCUT2D eigenvalue weighted by Gasteiger charge is -2.10. The fourth-order valence-corrected chi connectivity index (χ4v) is 5.44. The largest absolute Gasteiger partial charge is 0.483 e. The predicted octanol–water partition coefficient (Wildman–Crippen LogP) is 4.90. The first kappa shape index (κ1) is 16.4. The van der Waals surface area contributed by atoms with Crippen LogP contribution < -0.4 is 4.74 Å². The summed E-state index contributed by atoms with van der Waals surface area (Å²) in [6.45, 7) is -0.101. The number of rotatable bonds is 4. The minimum Gasteiger partial charge on any atom is -0.483 e. The van der Waals surface area contributed by atoms with Crippen LogP contribution in [0, 0.1) is 16.5 Å². The molecule has 0 aliphatic heterocycles. The molecule has 0 aromatic heterocycles. The second kappa shape index (κ2) is 7.34. The molecule has 0 bridgehead atoms. The van der Waals surface area contributed by atoms with E-state index in [0.717, 1.165) is 10.7 Å². The van der Waals surface area contributed by atoms with Crippen LogP contribution in [0.5, 0.6) is 5.75 Å². The van der Waals surface area contributed by atoms with Gasteiger partial charge in [0.2, 0.25) is 0 Å².